The van der Waals surface area contributed by atoms with Gasteiger partial charge in [0.2, 0.25) is 0 Å². The average molecular weight is 518 g/mol. The van der Waals surface area contributed by atoms with Crippen LogP contribution in [0.5, 0.6) is 5.75 Å². The zero-order chi connectivity index (χ0) is 26.0. The maximum Gasteiger partial charge on any atom is 0.416 e. The largest absolute Gasteiger partial charge is 0.484 e. The number of fused-ring (bicyclic) bond motifs is 1. The number of hydrogen-bond acceptors (Lipinski definition) is 6. The minimum atomic E-state index is -4.55. The van der Waals surface area contributed by atoms with Crippen LogP contribution in [0.15, 0.2) is 60.0 Å². The first-order valence-electron chi connectivity index (χ1n) is 10.7. The van der Waals surface area contributed by atoms with E-state index in [9.17, 15) is 18.0 Å². The number of thiophene rings is 1. The van der Waals surface area contributed by atoms with Crippen molar-refractivity contribution in [1.29, 1.82) is 0 Å². The lowest BCUT2D eigenvalue weighted by Crippen LogP contribution is -2.15. The number of oxime groups is 1. The first kappa shape index (κ1) is 25.0. The summed E-state index contributed by atoms with van der Waals surface area (Å²) in [4.78, 5) is 21.3. The minimum Gasteiger partial charge on any atom is -0.484 e. The molecule has 0 saturated carbocycles. The van der Waals surface area contributed by atoms with Gasteiger partial charge in [0.25, 0.3) is 5.91 Å². The van der Waals surface area contributed by atoms with Crippen molar-refractivity contribution in [2.45, 2.75) is 25.6 Å². The molecule has 2 heterocycles. The number of amides is 1. The number of amidine groups is 1. The molecule has 0 bridgehead atoms. The summed E-state index contributed by atoms with van der Waals surface area (Å²) in [5.41, 5.74) is 12.8. The Bertz CT molecular complexity index is 1440. The second kappa shape index (κ2) is 9.90. The average Bonchev–Trinajstić information content (AvgIpc) is 3.42. The van der Waals surface area contributed by atoms with Crippen LogP contribution in [-0.4, -0.2) is 28.4 Å². The summed E-state index contributed by atoms with van der Waals surface area (Å²) in [6.07, 6.45) is -3.64. The number of imidazole rings is 1. The molecule has 1 amide bonds. The first-order chi connectivity index (χ1) is 17.1. The lowest BCUT2D eigenvalue weighted by molar-refractivity contribution is -0.138. The molecule has 1 atom stereocenters. The number of aromatic nitrogens is 2. The second-order valence-electron chi connectivity index (χ2n) is 7.87. The van der Waals surface area contributed by atoms with E-state index in [2.05, 4.69) is 10.1 Å². The number of halogens is 3. The van der Waals surface area contributed by atoms with Crippen LogP contribution < -0.4 is 16.2 Å². The molecule has 8 nitrogen and oxygen atoms in total. The van der Waals surface area contributed by atoms with Crippen molar-refractivity contribution >= 4 is 34.1 Å². The highest BCUT2D eigenvalue weighted by Crippen LogP contribution is 2.39. The van der Waals surface area contributed by atoms with Crippen molar-refractivity contribution in [3.8, 4) is 10.8 Å². The molecule has 188 valence electrons. The van der Waals surface area contributed by atoms with Gasteiger partial charge < -0.3 is 21.0 Å². The third-order valence-corrected chi connectivity index (χ3v) is 6.49. The van der Waals surface area contributed by atoms with E-state index in [1.807, 2.05) is 18.2 Å². The number of nitrogens with zero attached hydrogens (tertiary/aromatic N) is 3. The Balaban J connectivity index is 1.71. The normalized spacial score (nSPS) is 13.1. The molecule has 0 saturated heterocycles. The van der Waals surface area contributed by atoms with Gasteiger partial charge in [-0.05, 0) is 30.7 Å². The van der Waals surface area contributed by atoms with Crippen molar-refractivity contribution in [2.24, 2.45) is 16.6 Å². The molecule has 2 aromatic carbocycles. The van der Waals surface area contributed by atoms with Crippen molar-refractivity contribution in [2.75, 3.05) is 7.11 Å². The summed E-state index contributed by atoms with van der Waals surface area (Å²) in [5.74, 6) is -0.383. The van der Waals surface area contributed by atoms with E-state index >= 15 is 0 Å². The van der Waals surface area contributed by atoms with Crippen LogP contribution in [0.1, 0.15) is 39.4 Å². The Morgan fingerprint density at radius 1 is 1.19 bits per heavy atom. The molecular weight excluding hydrogens is 495 g/mol. The molecule has 2 aromatic heterocycles. The van der Waals surface area contributed by atoms with E-state index in [0.29, 0.717) is 22.8 Å². The van der Waals surface area contributed by atoms with E-state index in [-0.39, 0.29) is 16.2 Å². The summed E-state index contributed by atoms with van der Waals surface area (Å²) in [5, 5.41) is 4.26. The summed E-state index contributed by atoms with van der Waals surface area (Å²) >= 11 is 1.05. The molecule has 0 aliphatic heterocycles. The van der Waals surface area contributed by atoms with Crippen LogP contribution in [0.3, 0.4) is 0 Å². The number of benzene rings is 2. The van der Waals surface area contributed by atoms with Crippen LogP contribution in [0.2, 0.25) is 0 Å². The van der Waals surface area contributed by atoms with Gasteiger partial charge in [0, 0.05) is 18.1 Å². The first-order valence-corrected chi connectivity index (χ1v) is 11.5. The Labute approximate surface area is 207 Å². The fourth-order valence-electron chi connectivity index (χ4n) is 3.80. The van der Waals surface area contributed by atoms with Gasteiger partial charge in [-0.2, -0.15) is 13.2 Å². The molecule has 36 heavy (non-hydrogen) atoms. The van der Waals surface area contributed by atoms with Gasteiger partial charge in [0.05, 0.1) is 16.6 Å². The molecule has 0 aliphatic carbocycles. The van der Waals surface area contributed by atoms with Crippen molar-refractivity contribution in [3.63, 3.8) is 0 Å². The van der Waals surface area contributed by atoms with Crippen molar-refractivity contribution in [3.05, 3.63) is 76.4 Å². The number of primary amides is 1. The highest BCUT2D eigenvalue weighted by Gasteiger charge is 2.35. The summed E-state index contributed by atoms with van der Waals surface area (Å²) in [6.45, 7) is 1.48. The fraction of sp³-hybridized carbons (Fsp3) is 0.208. The number of nitrogens with two attached hydrogens (primary N) is 2. The van der Waals surface area contributed by atoms with Crippen LogP contribution in [-0.2, 0) is 17.4 Å². The summed E-state index contributed by atoms with van der Waals surface area (Å²) < 4.78 is 48.1. The van der Waals surface area contributed by atoms with Crippen LogP contribution in [0, 0.1) is 0 Å². The van der Waals surface area contributed by atoms with Crippen molar-refractivity contribution < 1.29 is 27.5 Å². The number of rotatable bonds is 8. The quantitative estimate of drug-likeness (QED) is 0.198. The monoisotopic (exact) mass is 517 g/mol. The van der Waals surface area contributed by atoms with Gasteiger partial charge in [0.1, 0.15) is 41.0 Å². The van der Waals surface area contributed by atoms with Gasteiger partial charge in [-0.1, -0.05) is 29.4 Å². The summed E-state index contributed by atoms with van der Waals surface area (Å²) in [6, 6.07) is 12.2. The molecule has 4 N–H and O–H groups in total. The number of carbonyl (C=O) groups excluding carboxylic acids is 1. The van der Waals surface area contributed by atoms with Gasteiger partial charge in [0.15, 0.2) is 0 Å². The Morgan fingerprint density at radius 2 is 1.94 bits per heavy atom. The standard InChI is InChI=1S/C24H22F3N5O3S/c1-13(15-5-3-4-6-16(15)24(25,26)27)35-19-11-21(36-22(19)23(29)33)32-12-30-17-8-7-14(9-18(17)32)10-20(28)31-34-2/h3-9,11-13H,10H2,1-2H3,(H2,28,31)(H2,29,33)/t13-/m1/s1. The van der Waals surface area contributed by atoms with Gasteiger partial charge in [-0.15, -0.1) is 11.3 Å². The van der Waals surface area contributed by atoms with E-state index in [1.54, 1.807) is 17.0 Å². The number of ether oxygens (including phenoxy) is 1. The highest BCUT2D eigenvalue weighted by molar-refractivity contribution is 7.16. The smallest absolute Gasteiger partial charge is 0.416 e. The van der Waals surface area contributed by atoms with Gasteiger partial charge in [-0.25, -0.2) is 4.98 Å². The van der Waals surface area contributed by atoms with Gasteiger partial charge >= 0.3 is 6.18 Å². The third kappa shape index (κ3) is 5.13. The van der Waals surface area contributed by atoms with E-state index in [4.69, 9.17) is 21.0 Å². The zero-order valence-electron chi connectivity index (χ0n) is 19.2. The predicted octanol–water partition coefficient (Wildman–Crippen LogP) is 4.81. The SMILES string of the molecule is CO/N=C(\N)Cc1ccc2ncn(-c3cc(O[C@H](C)c4ccccc4C(F)(F)F)c(C(N)=O)s3)c2c1. The lowest BCUT2D eigenvalue weighted by atomic mass is 10.0. The molecule has 0 unspecified atom stereocenters. The molecule has 4 rings (SSSR count). The molecule has 4 aromatic rings. The predicted molar refractivity (Wildman–Crippen MR) is 130 cm³/mol. The summed E-state index contributed by atoms with van der Waals surface area (Å²) in [7, 11) is 1.40. The van der Waals surface area contributed by atoms with Crippen LogP contribution in [0.25, 0.3) is 16.0 Å². The Morgan fingerprint density at radius 3 is 2.64 bits per heavy atom. The third-order valence-electron chi connectivity index (χ3n) is 5.36. The van der Waals surface area contributed by atoms with E-state index < -0.39 is 23.8 Å². The molecule has 0 spiro atoms. The number of carbonyl (C=O) groups is 1. The molecular formula is C24H22F3N5O3S. The molecule has 0 aliphatic rings. The maximum atomic E-state index is 13.5. The molecule has 0 fully saturated rings. The fourth-order valence-corrected chi connectivity index (χ4v) is 4.73. The number of alkyl halides is 3. The Hall–Kier alpha value is -4.06. The highest BCUT2D eigenvalue weighted by atomic mass is 32.1. The number of hydrogen-bond donors (Lipinski definition) is 2. The molecule has 12 heteroatoms. The topological polar surface area (TPSA) is 118 Å². The lowest BCUT2D eigenvalue weighted by Gasteiger charge is -2.19. The minimum absolute atomic E-state index is 0.0544. The van der Waals surface area contributed by atoms with Crippen LogP contribution in [0.4, 0.5) is 13.2 Å². The molecule has 0 radical (unpaired) electrons. The van der Waals surface area contributed by atoms with Crippen LogP contribution >= 0.6 is 11.3 Å². The zero-order valence-corrected chi connectivity index (χ0v) is 20.1. The van der Waals surface area contributed by atoms with Crippen molar-refractivity contribution in [1.82, 2.24) is 9.55 Å². The second-order valence-corrected chi connectivity index (χ2v) is 8.90. The van der Waals surface area contributed by atoms with E-state index in [1.165, 1.54) is 32.2 Å². The van der Waals surface area contributed by atoms with E-state index in [0.717, 1.165) is 28.5 Å². The Kier molecular flexibility index (Phi) is 6.88. The van der Waals surface area contributed by atoms with Gasteiger partial charge in [-0.3, -0.25) is 9.36 Å². The maximum absolute atomic E-state index is 13.5.